The summed E-state index contributed by atoms with van der Waals surface area (Å²) in [4.78, 5) is 18.3. The number of hydrogen-bond acceptors (Lipinski definition) is 3. The maximum Gasteiger partial charge on any atom is 0.264 e. The highest BCUT2D eigenvalue weighted by Crippen LogP contribution is 2.39. The first-order valence-electron chi connectivity index (χ1n) is 8.32. The Kier molecular flexibility index (Phi) is 4.35. The average Bonchev–Trinajstić information content (AvgIpc) is 2.71. The molecule has 2 heterocycles. The summed E-state index contributed by atoms with van der Waals surface area (Å²) in [6.07, 6.45) is 0. The van der Waals surface area contributed by atoms with Gasteiger partial charge in [-0.05, 0) is 17.2 Å². The third-order valence-corrected chi connectivity index (χ3v) is 4.81. The molecule has 0 spiro atoms. The first-order chi connectivity index (χ1) is 12.7. The Hall–Kier alpha value is -2.85. The van der Waals surface area contributed by atoms with E-state index in [1.165, 1.54) is 0 Å². The molecule has 3 aromatic rings. The summed E-state index contributed by atoms with van der Waals surface area (Å²) in [5.41, 5.74) is 5.51. The number of anilines is 1. The molecule has 1 amide bonds. The lowest BCUT2D eigenvalue weighted by Crippen LogP contribution is -2.35. The van der Waals surface area contributed by atoms with E-state index in [0.29, 0.717) is 17.4 Å². The number of carbonyl (C=O) groups is 1. The number of amides is 1. The Morgan fingerprint density at radius 1 is 1.08 bits per heavy atom. The van der Waals surface area contributed by atoms with Gasteiger partial charge in [-0.25, -0.2) is 4.98 Å². The van der Waals surface area contributed by atoms with E-state index in [0.717, 1.165) is 27.9 Å². The molecule has 26 heavy (non-hydrogen) atoms. The second kappa shape index (κ2) is 6.81. The highest BCUT2D eigenvalue weighted by molar-refractivity contribution is 6.17. The Morgan fingerprint density at radius 2 is 1.81 bits per heavy atom. The number of fused-ring (bicyclic) bond motifs is 1. The van der Waals surface area contributed by atoms with Crippen LogP contribution < -0.4 is 9.64 Å². The molecule has 0 fully saturated rings. The molecule has 0 aliphatic carbocycles. The van der Waals surface area contributed by atoms with Crippen LogP contribution in [0.15, 0.2) is 60.7 Å². The third kappa shape index (κ3) is 2.93. The van der Waals surface area contributed by atoms with Gasteiger partial charge in [0.1, 0.15) is 5.69 Å². The maximum absolute atomic E-state index is 12.0. The van der Waals surface area contributed by atoms with Crippen molar-refractivity contribution in [2.45, 2.75) is 5.88 Å². The molecular formula is C21H17ClN2O2. The van der Waals surface area contributed by atoms with Crippen molar-refractivity contribution in [2.75, 3.05) is 18.6 Å². The molecule has 0 saturated carbocycles. The zero-order valence-corrected chi connectivity index (χ0v) is 15.0. The van der Waals surface area contributed by atoms with E-state index >= 15 is 0 Å². The minimum atomic E-state index is -0.0856. The summed E-state index contributed by atoms with van der Waals surface area (Å²) in [5.74, 6) is 0.861. The summed E-state index contributed by atoms with van der Waals surface area (Å²) in [7, 11) is 1.75. The SMILES string of the molecule is CN1C(=O)COc2nc(-c3ccc(CCl)cc3)c(-c3ccccc3)cc21. The normalized spacial score (nSPS) is 13.3. The van der Waals surface area contributed by atoms with Gasteiger partial charge < -0.3 is 9.64 Å². The average molecular weight is 365 g/mol. The zero-order chi connectivity index (χ0) is 18.1. The number of halogens is 1. The van der Waals surface area contributed by atoms with Crippen LogP contribution in [0.25, 0.3) is 22.4 Å². The lowest BCUT2D eigenvalue weighted by Gasteiger charge is -2.26. The third-order valence-electron chi connectivity index (χ3n) is 4.50. The zero-order valence-electron chi connectivity index (χ0n) is 14.3. The van der Waals surface area contributed by atoms with Gasteiger partial charge in [0.05, 0.1) is 5.69 Å². The first kappa shape index (κ1) is 16.6. The van der Waals surface area contributed by atoms with Gasteiger partial charge in [0.25, 0.3) is 5.91 Å². The van der Waals surface area contributed by atoms with Crippen molar-refractivity contribution in [1.82, 2.24) is 4.98 Å². The minimum Gasteiger partial charge on any atom is -0.466 e. The van der Waals surface area contributed by atoms with E-state index in [4.69, 9.17) is 21.3 Å². The number of pyridine rings is 1. The monoisotopic (exact) mass is 364 g/mol. The van der Waals surface area contributed by atoms with Crippen molar-refractivity contribution in [3.05, 3.63) is 66.2 Å². The predicted octanol–water partition coefficient (Wildman–Crippen LogP) is 4.51. The number of nitrogens with zero attached hydrogens (tertiary/aromatic N) is 2. The number of hydrogen-bond donors (Lipinski definition) is 0. The summed E-state index contributed by atoms with van der Waals surface area (Å²) in [6.45, 7) is 0.00576. The van der Waals surface area contributed by atoms with Crippen molar-refractivity contribution in [3.8, 4) is 28.3 Å². The van der Waals surface area contributed by atoms with Crippen LogP contribution in [0.2, 0.25) is 0 Å². The molecular weight excluding hydrogens is 348 g/mol. The number of rotatable bonds is 3. The lowest BCUT2D eigenvalue weighted by atomic mass is 9.98. The van der Waals surface area contributed by atoms with Crippen LogP contribution >= 0.6 is 11.6 Å². The van der Waals surface area contributed by atoms with Crippen molar-refractivity contribution >= 4 is 23.2 Å². The molecule has 5 heteroatoms. The molecule has 0 atom stereocenters. The van der Waals surface area contributed by atoms with Gasteiger partial charge in [0.2, 0.25) is 5.88 Å². The fourth-order valence-corrected chi connectivity index (χ4v) is 3.18. The highest BCUT2D eigenvalue weighted by Gasteiger charge is 2.26. The second-order valence-corrected chi connectivity index (χ2v) is 6.41. The molecule has 0 radical (unpaired) electrons. The molecule has 0 saturated heterocycles. The van der Waals surface area contributed by atoms with Crippen LogP contribution in [-0.4, -0.2) is 24.5 Å². The molecule has 130 valence electrons. The number of alkyl halides is 1. The molecule has 4 rings (SSSR count). The Labute approximate surface area is 157 Å². The van der Waals surface area contributed by atoms with Gasteiger partial charge in [-0.2, -0.15) is 0 Å². The molecule has 0 unspecified atom stereocenters. The van der Waals surface area contributed by atoms with Gasteiger partial charge in [-0.1, -0.05) is 54.6 Å². The quantitative estimate of drug-likeness (QED) is 0.642. The molecule has 0 bridgehead atoms. The largest absolute Gasteiger partial charge is 0.466 e. The van der Waals surface area contributed by atoms with Crippen LogP contribution in [-0.2, 0) is 10.7 Å². The Morgan fingerprint density at radius 3 is 2.50 bits per heavy atom. The van der Waals surface area contributed by atoms with Crippen LogP contribution in [0.1, 0.15) is 5.56 Å². The van der Waals surface area contributed by atoms with E-state index in [1.54, 1.807) is 11.9 Å². The van der Waals surface area contributed by atoms with Crippen LogP contribution in [0.3, 0.4) is 0 Å². The number of carbonyl (C=O) groups excluding carboxylic acids is 1. The van der Waals surface area contributed by atoms with E-state index in [9.17, 15) is 4.79 Å². The summed E-state index contributed by atoms with van der Waals surface area (Å²) < 4.78 is 5.58. The lowest BCUT2D eigenvalue weighted by molar-refractivity contribution is -0.121. The standard InChI is InChI=1S/C21H17ClN2O2/c1-24-18-11-17(15-5-3-2-4-6-15)20(23-21(18)26-13-19(24)25)16-9-7-14(12-22)8-10-16/h2-11H,12-13H2,1H3. The highest BCUT2D eigenvalue weighted by atomic mass is 35.5. The van der Waals surface area contributed by atoms with Gasteiger partial charge >= 0.3 is 0 Å². The summed E-state index contributed by atoms with van der Waals surface area (Å²) in [5, 5.41) is 0. The van der Waals surface area contributed by atoms with Crippen LogP contribution in [0, 0.1) is 0 Å². The van der Waals surface area contributed by atoms with Crippen molar-refractivity contribution < 1.29 is 9.53 Å². The number of benzene rings is 2. The Balaban J connectivity index is 1.92. The van der Waals surface area contributed by atoms with Gasteiger partial charge in [-0.3, -0.25) is 4.79 Å². The number of likely N-dealkylation sites (N-methyl/N-ethyl adjacent to an activating group) is 1. The van der Waals surface area contributed by atoms with Gasteiger partial charge in [0.15, 0.2) is 6.61 Å². The molecule has 1 aliphatic rings. The van der Waals surface area contributed by atoms with E-state index in [2.05, 4.69) is 0 Å². The van der Waals surface area contributed by atoms with Crippen LogP contribution in [0.5, 0.6) is 5.88 Å². The van der Waals surface area contributed by atoms with Gasteiger partial charge in [0, 0.05) is 24.1 Å². The second-order valence-electron chi connectivity index (χ2n) is 6.15. The smallest absolute Gasteiger partial charge is 0.264 e. The van der Waals surface area contributed by atoms with Crippen molar-refractivity contribution in [3.63, 3.8) is 0 Å². The van der Waals surface area contributed by atoms with Crippen LogP contribution in [0.4, 0.5) is 5.69 Å². The number of ether oxygens (including phenoxy) is 1. The van der Waals surface area contributed by atoms with E-state index in [1.807, 2.05) is 60.7 Å². The molecule has 4 nitrogen and oxygen atoms in total. The van der Waals surface area contributed by atoms with E-state index in [-0.39, 0.29) is 12.5 Å². The Bertz CT molecular complexity index is 956. The fourth-order valence-electron chi connectivity index (χ4n) is 3.00. The molecule has 2 aromatic carbocycles. The fraction of sp³-hybridized carbons (Fsp3) is 0.143. The van der Waals surface area contributed by atoms with Crippen molar-refractivity contribution in [1.29, 1.82) is 0 Å². The molecule has 0 N–H and O–H groups in total. The molecule has 1 aliphatic heterocycles. The van der Waals surface area contributed by atoms with Gasteiger partial charge in [-0.15, -0.1) is 11.6 Å². The number of aromatic nitrogens is 1. The molecule has 1 aromatic heterocycles. The summed E-state index contributed by atoms with van der Waals surface area (Å²) >= 11 is 5.90. The first-order valence-corrected chi connectivity index (χ1v) is 8.86. The minimum absolute atomic E-state index is 0.00576. The van der Waals surface area contributed by atoms with E-state index < -0.39 is 0 Å². The maximum atomic E-state index is 12.0. The van der Waals surface area contributed by atoms with Crippen molar-refractivity contribution in [2.24, 2.45) is 0 Å². The predicted molar refractivity (Wildman–Crippen MR) is 104 cm³/mol. The summed E-state index contributed by atoms with van der Waals surface area (Å²) in [6, 6.07) is 20.0. The topological polar surface area (TPSA) is 42.4 Å².